The monoisotopic (exact) mass is 401 g/mol. The van der Waals surface area contributed by atoms with Gasteiger partial charge in [0.1, 0.15) is 17.7 Å². The maximum absolute atomic E-state index is 13.8. The molecule has 9 heteroatoms. The number of aromatic nitrogens is 6. The SMILES string of the molecule is O=c1[nH]c2cnc(-n3cnc4ccc(F)cc43)nc2n1-c1ccc2c(c1)CCCN2. The van der Waals surface area contributed by atoms with Crippen molar-refractivity contribution in [1.29, 1.82) is 0 Å². The lowest BCUT2D eigenvalue weighted by Crippen LogP contribution is -2.17. The highest BCUT2D eigenvalue weighted by Gasteiger charge is 2.16. The number of H-pyrrole nitrogens is 1. The van der Waals surface area contributed by atoms with Gasteiger partial charge in [-0.2, -0.15) is 4.98 Å². The summed E-state index contributed by atoms with van der Waals surface area (Å²) in [6.07, 6.45) is 5.11. The molecule has 6 rings (SSSR count). The number of aromatic amines is 1. The van der Waals surface area contributed by atoms with E-state index in [0.717, 1.165) is 30.8 Å². The van der Waals surface area contributed by atoms with E-state index in [1.54, 1.807) is 23.2 Å². The number of nitrogens with one attached hydrogen (secondary N) is 2. The normalized spacial score (nSPS) is 13.5. The second-order valence-electron chi connectivity index (χ2n) is 7.29. The van der Waals surface area contributed by atoms with Crippen molar-refractivity contribution in [1.82, 2.24) is 29.1 Å². The van der Waals surface area contributed by atoms with Crippen molar-refractivity contribution in [3.8, 4) is 11.6 Å². The largest absolute Gasteiger partial charge is 0.385 e. The van der Waals surface area contributed by atoms with Gasteiger partial charge >= 0.3 is 5.69 Å². The summed E-state index contributed by atoms with van der Waals surface area (Å²) in [7, 11) is 0. The van der Waals surface area contributed by atoms with Crippen LogP contribution in [0.1, 0.15) is 12.0 Å². The van der Waals surface area contributed by atoms with Gasteiger partial charge in [-0.1, -0.05) is 0 Å². The number of fused-ring (bicyclic) bond motifs is 3. The average molecular weight is 401 g/mol. The Bertz CT molecular complexity index is 1500. The molecule has 2 N–H and O–H groups in total. The number of hydrogen-bond donors (Lipinski definition) is 2. The fourth-order valence-corrected chi connectivity index (χ4v) is 3.99. The van der Waals surface area contributed by atoms with Crippen LogP contribution < -0.4 is 11.0 Å². The standard InChI is InChI=1S/C21H16FN7O/c22-13-3-5-16-18(9-13)28(11-25-16)20-24-10-17-19(27-20)29(21(30)26-17)14-4-6-15-12(8-14)2-1-7-23-15/h3-6,8-11,23H,1-2,7H2,(H,26,30). The second kappa shape index (κ2) is 6.24. The van der Waals surface area contributed by atoms with Crippen LogP contribution in [0.4, 0.5) is 10.1 Å². The van der Waals surface area contributed by atoms with Crippen LogP contribution in [0, 0.1) is 5.82 Å². The molecular formula is C21H16FN7O. The van der Waals surface area contributed by atoms with Crippen molar-refractivity contribution >= 4 is 27.9 Å². The first-order chi connectivity index (χ1) is 14.7. The summed E-state index contributed by atoms with van der Waals surface area (Å²) in [5, 5.41) is 3.37. The minimum atomic E-state index is -0.369. The molecule has 0 atom stereocenters. The number of halogens is 1. The van der Waals surface area contributed by atoms with Gasteiger partial charge in [0.2, 0.25) is 5.95 Å². The summed E-state index contributed by atoms with van der Waals surface area (Å²) in [6, 6.07) is 10.3. The molecule has 0 saturated carbocycles. The molecule has 30 heavy (non-hydrogen) atoms. The Labute approximate surface area is 169 Å². The zero-order valence-corrected chi connectivity index (χ0v) is 15.8. The molecule has 148 valence electrons. The molecule has 0 saturated heterocycles. The minimum absolute atomic E-state index is 0.290. The van der Waals surface area contributed by atoms with Gasteiger partial charge in [0.25, 0.3) is 0 Å². The van der Waals surface area contributed by atoms with Crippen molar-refractivity contribution < 1.29 is 4.39 Å². The lowest BCUT2D eigenvalue weighted by molar-refractivity contribution is 0.629. The Balaban J connectivity index is 1.55. The van der Waals surface area contributed by atoms with E-state index in [-0.39, 0.29) is 11.5 Å². The lowest BCUT2D eigenvalue weighted by atomic mass is 10.0. The number of nitrogens with zero attached hydrogens (tertiary/aromatic N) is 5. The van der Waals surface area contributed by atoms with Crippen LogP contribution in [0.5, 0.6) is 0 Å². The summed E-state index contributed by atoms with van der Waals surface area (Å²) >= 11 is 0. The van der Waals surface area contributed by atoms with E-state index < -0.39 is 0 Å². The van der Waals surface area contributed by atoms with Crippen LogP contribution in [-0.2, 0) is 6.42 Å². The van der Waals surface area contributed by atoms with Gasteiger partial charge in [-0.15, -0.1) is 0 Å². The van der Waals surface area contributed by atoms with Gasteiger partial charge < -0.3 is 10.3 Å². The first-order valence-corrected chi connectivity index (χ1v) is 9.65. The van der Waals surface area contributed by atoms with Crippen molar-refractivity contribution in [2.45, 2.75) is 12.8 Å². The highest BCUT2D eigenvalue weighted by molar-refractivity contribution is 5.78. The molecule has 3 aromatic heterocycles. The zero-order chi connectivity index (χ0) is 20.2. The van der Waals surface area contributed by atoms with Crippen LogP contribution in [0.2, 0.25) is 0 Å². The van der Waals surface area contributed by atoms with E-state index in [2.05, 4.69) is 25.3 Å². The van der Waals surface area contributed by atoms with Crippen molar-refractivity contribution in [2.24, 2.45) is 0 Å². The molecule has 0 amide bonds. The molecule has 5 aromatic rings. The molecule has 2 aromatic carbocycles. The molecule has 0 spiro atoms. The van der Waals surface area contributed by atoms with Crippen LogP contribution in [-0.4, -0.2) is 35.6 Å². The second-order valence-corrected chi connectivity index (χ2v) is 7.29. The first kappa shape index (κ1) is 16.9. The third-order valence-corrected chi connectivity index (χ3v) is 5.42. The Morgan fingerprint density at radius 1 is 1.10 bits per heavy atom. The first-order valence-electron chi connectivity index (χ1n) is 9.65. The van der Waals surface area contributed by atoms with E-state index >= 15 is 0 Å². The Morgan fingerprint density at radius 2 is 2.03 bits per heavy atom. The highest BCUT2D eigenvalue weighted by atomic mass is 19.1. The molecule has 8 nitrogen and oxygen atoms in total. The van der Waals surface area contributed by atoms with Crippen molar-refractivity contribution in [2.75, 3.05) is 11.9 Å². The van der Waals surface area contributed by atoms with Gasteiger partial charge in [-0.3, -0.25) is 4.57 Å². The number of imidazole rings is 2. The Morgan fingerprint density at radius 3 is 2.97 bits per heavy atom. The fourth-order valence-electron chi connectivity index (χ4n) is 3.99. The summed E-state index contributed by atoms with van der Waals surface area (Å²) in [4.78, 5) is 28.8. The molecular weight excluding hydrogens is 385 g/mol. The van der Waals surface area contributed by atoms with Gasteiger partial charge in [0.05, 0.1) is 22.9 Å². The van der Waals surface area contributed by atoms with Gasteiger partial charge in [-0.25, -0.2) is 23.7 Å². The molecule has 1 aliphatic rings. The molecule has 0 aliphatic carbocycles. The third kappa shape index (κ3) is 2.52. The molecule has 0 radical (unpaired) electrons. The van der Waals surface area contributed by atoms with Crippen LogP contribution in [0.15, 0.2) is 53.7 Å². The summed E-state index contributed by atoms with van der Waals surface area (Å²) in [5.41, 5.74) is 4.88. The number of hydrogen-bond acceptors (Lipinski definition) is 5. The Kier molecular flexibility index (Phi) is 3.52. The fraction of sp³-hybridized carbons (Fsp3) is 0.143. The third-order valence-electron chi connectivity index (χ3n) is 5.42. The highest BCUT2D eigenvalue weighted by Crippen LogP contribution is 2.25. The van der Waals surface area contributed by atoms with Crippen LogP contribution in [0.25, 0.3) is 33.8 Å². The number of aryl methyl sites for hydroxylation is 1. The maximum Gasteiger partial charge on any atom is 0.332 e. The maximum atomic E-state index is 13.8. The summed E-state index contributed by atoms with van der Waals surface area (Å²) in [5.74, 6) is -0.0606. The predicted octanol–water partition coefficient (Wildman–Crippen LogP) is 2.94. The quantitative estimate of drug-likeness (QED) is 0.474. The molecule has 0 bridgehead atoms. The summed E-state index contributed by atoms with van der Waals surface area (Å²) in [6.45, 7) is 0.954. The van der Waals surface area contributed by atoms with Gasteiger partial charge in [0, 0.05) is 18.3 Å². The van der Waals surface area contributed by atoms with Crippen molar-refractivity contribution in [3.05, 3.63) is 70.8 Å². The molecule has 4 heterocycles. The van der Waals surface area contributed by atoms with Crippen LogP contribution >= 0.6 is 0 Å². The molecule has 0 unspecified atom stereocenters. The minimum Gasteiger partial charge on any atom is -0.385 e. The average Bonchev–Trinajstić information content (AvgIpc) is 3.32. The van der Waals surface area contributed by atoms with Crippen LogP contribution in [0.3, 0.4) is 0 Å². The van der Waals surface area contributed by atoms with Gasteiger partial charge in [0.15, 0.2) is 5.65 Å². The zero-order valence-electron chi connectivity index (χ0n) is 15.8. The van der Waals surface area contributed by atoms with Crippen molar-refractivity contribution in [3.63, 3.8) is 0 Å². The molecule has 0 fully saturated rings. The Hall–Kier alpha value is -4.01. The number of benzene rings is 2. The molecule has 1 aliphatic heterocycles. The van der Waals surface area contributed by atoms with E-state index in [1.165, 1.54) is 22.3 Å². The predicted molar refractivity (Wildman–Crippen MR) is 111 cm³/mol. The van der Waals surface area contributed by atoms with E-state index in [1.807, 2.05) is 18.2 Å². The van der Waals surface area contributed by atoms with E-state index in [0.29, 0.717) is 28.1 Å². The summed E-state index contributed by atoms with van der Waals surface area (Å²) < 4.78 is 16.9. The number of rotatable bonds is 2. The van der Waals surface area contributed by atoms with E-state index in [9.17, 15) is 9.18 Å². The number of anilines is 1. The van der Waals surface area contributed by atoms with E-state index in [4.69, 9.17) is 0 Å². The smallest absolute Gasteiger partial charge is 0.332 e. The topological polar surface area (TPSA) is 93.4 Å². The lowest BCUT2D eigenvalue weighted by Gasteiger charge is -2.18. The van der Waals surface area contributed by atoms with Gasteiger partial charge in [-0.05, 0) is 48.7 Å².